The van der Waals surface area contributed by atoms with Crippen LogP contribution in [0.1, 0.15) is 24.1 Å². The second-order valence-corrected chi connectivity index (χ2v) is 4.58. The predicted octanol–water partition coefficient (Wildman–Crippen LogP) is 2.96. The molecular formula is C15H16N2. The molecule has 1 aliphatic rings. The van der Waals surface area contributed by atoms with Crippen LogP contribution >= 0.6 is 0 Å². The van der Waals surface area contributed by atoms with Gasteiger partial charge < -0.3 is 5.32 Å². The van der Waals surface area contributed by atoms with E-state index in [4.69, 9.17) is 0 Å². The van der Waals surface area contributed by atoms with Crippen molar-refractivity contribution in [2.45, 2.75) is 19.4 Å². The van der Waals surface area contributed by atoms with Gasteiger partial charge >= 0.3 is 0 Å². The largest absolute Gasteiger partial charge is 0.310 e. The van der Waals surface area contributed by atoms with Crippen LogP contribution in [0, 0.1) is 0 Å². The lowest BCUT2D eigenvalue weighted by Crippen LogP contribution is -2.27. The molecular weight excluding hydrogens is 208 g/mol. The van der Waals surface area contributed by atoms with Gasteiger partial charge in [-0.15, -0.1) is 0 Å². The van der Waals surface area contributed by atoms with Crippen LogP contribution in [-0.4, -0.2) is 11.5 Å². The SMILES string of the molecule is CC1NCCc2ccc(-c3ccncc3)cc21. The lowest BCUT2D eigenvalue weighted by Gasteiger charge is -2.24. The maximum atomic E-state index is 4.06. The molecule has 1 atom stereocenters. The fourth-order valence-electron chi connectivity index (χ4n) is 2.48. The number of hydrogen-bond donors (Lipinski definition) is 1. The van der Waals surface area contributed by atoms with Crippen LogP contribution in [0.3, 0.4) is 0 Å². The number of pyridine rings is 1. The van der Waals surface area contributed by atoms with Crippen molar-refractivity contribution < 1.29 is 0 Å². The van der Waals surface area contributed by atoms with Gasteiger partial charge in [-0.1, -0.05) is 12.1 Å². The highest BCUT2D eigenvalue weighted by atomic mass is 14.9. The average molecular weight is 224 g/mol. The van der Waals surface area contributed by atoms with E-state index in [1.807, 2.05) is 12.4 Å². The smallest absolute Gasteiger partial charge is 0.0294 e. The summed E-state index contributed by atoms with van der Waals surface area (Å²) in [6.07, 6.45) is 4.82. The quantitative estimate of drug-likeness (QED) is 0.805. The summed E-state index contributed by atoms with van der Waals surface area (Å²) in [5.74, 6) is 0. The average Bonchev–Trinajstić information content (AvgIpc) is 2.40. The standard InChI is InChI=1S/C15H16N2/c1-11-15-10-14(12-4-7-16-8-5-12)3-2-13(15)6-9-17-11/h2-5,7-8,10-11,17H,6,9H2,1H3. The summed E-state index contributed by atoms with van der Waals surface area (Å²) in [6.45, 7) is 3.32. The molecule has 0 spiro atoms. The van der Waals surface area contributed by atoms with Gasteiger partial charge in [-0.05, 0) is 60.3 Å². The number of rotatable bonds is 1. The maximum absolute atomic E-state index is 4.06. The summed E-state index contributed by atoms with van der Waals surface area (Å²) >= 11 is 0. The Morgan fingerprint density at radius 2 is 1.94 bits per heavy atom. The summed E-state index contributed by atoms with van der Waals surface area (Å²) in [5.41, 5.74) is 5.43. The summed E-state index contributed by atoms with van der Waals surface area (Å²) in [5, 5.41) is 3.50. The number of nitrogens with one attached hydrogen (secondary N) is 1. The molecule has 1 aromatic heterocycles. The van der Waals surface area contributed by atoms with E-state index in [1.54, 1.807) is 0 Å². The first-order chi connectivity index (χ1) is 8.34. The molecule has 86 valence electrons. The third-order valence-corrected chi connectivity index (χ3v) is 3.47. The molecule has 17 heavy (non-hydrogen) atoms. The molecule has 2 nitrogen and oxygen atoms in total. The van der Waals surface area contributed by atoms with Crippen molar-refractivity contribution in [3.8, 4) is 11.1 Å². The summed E-state index contributed by atoms with van der Waals surface area (Å²) in [4.78, 5) is 4.06. The molecule has 0 amide bonds. The van der Waals surface area contributed by atoms with Gasteiger partial charge in [0.2, 0.25) is 0 Å². The van der Waals surface area contributed by atoms with Gasteiger partial charge in [0.1, 0.15) is 0 Å². The summed E-state index contributed by atoms with van der Waals surface area (Å²) < 4.78 is 0. The Balaban J connectivity index is 2.06. The van der Waals surface area contributed by atoms with Crippen LogP contribution < -0.4 is 5.32 Å². The first-order valence-electron chi connectivity index (χ1n) is 6.11. The molecule has 0 radical (unpaired) electrons. The monoisotopic (exact) mass is 224 g/mol. The van der Waals surface area contributed by atoms with Gasteiger partial charge in [-0.3, -0.25) is 4.98 Å². The predicted molar refractivity (Wildman–Crippen MR) is 69.8 cm³/mol. The fraction of sp³-hybridized carbons (Fsp3) is 0.267. The van der Waals surface area contributed by atoms with Crippen molar-refractivity contribution in [1.82, 2.24) is 10.3 Å². The Morgan fingerprint density at radius 3 is 2.76 bits per heavy atom. The van der Waals surface area contributed by atoms with Gasteiger partial charge in [0, 0.05) is 18.4 Å². The molecule has 0 saturated heterocycles. The molecule has 2 heteroatoms. The van der Waals surface area contributed by atoms with Crippen LogP contribution in [0.5, 0.6) is 0 Å². The zero-order valence-corrected chi connectivity index (χ0v) is 9.98. The van der Waals surface area contributed by atoms with Crippen LogP contribution in [0.4, 0.5) is 0 Å². The van der Waals surface area contributed by atoms with Crippen molar-refractivity contribution in [3.05, 3.63) is 53.9 Å². The Hall–Kier alpha value is -1.67. The van der Waals surface area contributed by atoms with E-state index < -0.39 is 0 Å². The highest BCUT2D eigenvalue weighted by Gasteiger charge is 2.15. The van der Waals surface area contributed by atoms with Crippen molar-refractivity contribution in [3.63, 3.8) is 0 Å². The molecule has 1 N–H and O–H groups in total. The minimum atomic E-state index is 0.459. The third-order valence-electron chi connectivity index (χ3n) is 3.47. The van der Waals surface area contributed by atoms with E-state index in [2.05, 4.69) is 47.6 Å². The number of fused-ring (bicyclic) bond motifs is 1. The van der Waals surface area contributed by atoms with E-state index in [0.717, 1.165) is 13.0 Å². The molecule has 2 aromatic rings. The van der Waals surface area contributed by atoms with E-state index in [0.29, 0.717) is 6.04 Å². The molecule has 0 aliphatic carbocycles. The summed E-state index contributed by atoms with van der Waals surface area (Å²) in [7, 11) is 0. The molecule has 1 unspecified atom stereocenters. The molecule has 1 aliphatic heterocycles. The van der Waals surface area contributed by atoms with E-state index in [1.165, 1.54) is 22.3 Å². The topological polar surface area (TPSA) is 24.9 Å². The number of nitrogens with zero attached hydrogens (tertiary/aromatic N) is 1. The Morgan fingerprint density at radius 1 is 1.12 bits per heavy atom. The van der Waals surface area contributed by atoms with Crippen molar-refractivity contribution >= 4 is 0 Å². The lowest BCUT2D eigenvalue weighted by molar-refractivity contribution is 0.541. The molecule has 3 rings (SSSR count). The van der Waals surface area contributed by atoms with Gasteiger partial charge in [0.15, 0.2) is 0 Å². The number of aromatic nitrogens is 1. The second kappa shape index (κ2) is 4.30. The summed E-state index contributed by atoms with van der Waals surface area (Å²) in [6, 6.07) is 11.4. The first-order valence-corrected chi connectivity index (χ1v) is 6.11. The minimum absolute atomic E-state index is 0.459. The van der Waals surface area contributed by atoms with Gasteiger partial charge in [-0.25, -0.2) is 0 Å². The molecule has 0 fully saturated rings. The van der Waals surface area contributed by atoms with E-state index in [-0.39, 0.29) is 0 Å². The Kier molecular flexibility index (Phi) is 2.65. The third kappa shape index (κ3) is 1.96. The van der Waals surface area contributed by atoms with Crippen LogP contribution in [-0.2, 0) is 6.42 Å². The van der Waals surface area contributed by atoms with E-state index in [9.17, 15) is 0 Å². The lowest BCUT2D eigenvalue weighted by atomic mass is 9.92. The normalized spacial score (nSPS) is 18.8. The van der Waals surface area contributed by atoms with Crippen LogP contribution in [0.25, 0.3) is 11.1 Å². The van der Waals surface area contributed by atoms with Crippen LogP contribution in [0.2, 0.25) is 0 Å². The van der Waals surface area contributed by atoms with Crippen molar-refractivity contribution in [2.75, 3.05) is 6.54 Å². The number of hydrogen-bond acceptors (Lipinski definition) is 2. The first kappa shape index (κ1) is 10.5. The van der Waals surface area contributed by atoms with Crippen LogP contribution in [0.15, 0.2) is 42.7 Å². The fourth-order valence-corrected chi connectivity index (χ4v) is 2.48. The maximum Gasteiger partial charge on any atom is 0.0294 e. The zero-order chi connectivity index (χ0) is 11.7. The van der Waals surface area contributed by atoms with Gasteiger partial charge in [0.25, 0.3) is 0 Å². The number of benzene rings is 1. The Bertz CT molecular complexity index is 520. The molecule has 2 heterocycles. The minimum Gasteiger partial charge on any atom is -0.310 e. The van der Waals surface area contributed by atoms with Crippen molar-refractivity contribution in [1.29, 1.82) is 0 Å². The van der Waals surface area contributed by atoms with Crippen molar-refractivity contribution in [2.24, 2.45) is 0 Å². The van der Waals surface area contributed by atoms with E-state index >= 15 is 0 Å². The van der Waals surface area contributed by atoms with Gasteiger partial charge in [0.05, 0.1) is 0 Å². The Labute approximate surface area is 102 Å². The highest BCUT2D eigenvalue weighted by molar-refractivity contribution is 5.64. The molecule has 0 bridgehead atoms. The molecule has 0 saturated carbocycles. The zero-order valence-electron chi connectivity index (χ0n) is 9.98. The highest BCUT2D eigenvalue weighted by Crippen LogP contribution is 2.28. The second-order valence-electron chi connectivity index (χ2n) is 4.58. The van der Waals surface area contributed by atoms with Gasteiger partial charge in [-0.2, -0.15) is 0 Å². The molecule has 1 aromatic carbocycles.